The summed E-state index contributed by atoms with van der Waals surface area (Å²) in [5, 5.41) is 0.191. The first kappa shape index (κ1) is 16.5. The lowest BCUT2D eigenvalue weighted by Gasteiger charge is -2.40. The molecule has 2 saturated heterocycles. The number of hydrogen-bond acceptors (Lipinski definition) is 2. The highest BCUT2D eigenvalue weighted by Gasteiger charge is 2.43. The Hall–Kier alpha value is -0.833. The van der Waals surface area contributed by atoms with Gasteiger partial charge in [0, 0.05) is 18.5 Å². The number of fused-ring (bicyclic) bond motifs is 1. The van der Waals surface area contributed by atoms with E-state index in [-0.39, 0.29) is 23.1 Å². The SMILES string of the molecule is C=C=C1[C@@H](O[Si](C)(C)C(C)(C)C)CCCN2C(=O)CC[C@@H]12. The lowest BCUT2D eigenvalue weighted by molar-refractivity contribution is -0.128. The molecule has 4 heteroatoms. The molecule has 0 aromatic rings. The first-order valence-electron chi connectivity index (χ1n) is 8.04. The summed E-state index contributed by atoms with van der Waals surface area (Å²) >= 11 is 0. The topological polar surface area (TPSA) is 29.5 Å². The third-order valence-corrected chi connectivity index (χ3v) is 9.83. The van der Waals surface area contributed by atoms with Crippen LogP contribution >= 0.6 is 0 Å². The van der Waals surface area contributed by atoms with Gasteiger partial charge in [0.1, 0.15) is 0 Å². The number of rotatable bonds is 2. The predicted molar refractivity (Wildman–Crippen MR) is 88.7 cm³/mol. The van der Waals surface area contributed by atoms with Crippen molar-refractivity contribution in [2.24, 2.45) is 0 Å². The maximum absolute atomic E-state index is 12.0. The van der Waals surface area contributed by atoms with Crippen LogP contribution in [0.15, 0.2) is 17.9 Å². The summed E-state index contributed by atoms with van der Waals surface area (Å²) in [4.78, 5) is 14.0. The van der Waals surface area contributed by atoms with Crippen LogP contribution < -0.4 is 0 Å². The molecule has 2 atom stereocenters. The molecule has 118 valence electrons. The van der Waals surface area contributed by atoms with Crippen LogP contribution in [0.4, 0.5) is 0 Å². The molecule has 0 radical (unpaired) electrons. The number of amides is 1. The lowest BCUT2D eigenvalue weighted by atomic mass is 9.99. The number of hydrogen-bond donors (Lipinski definition) is 0. The van der Waals surface area contributed by atoms with Gasteiger partial charge in [0.25, 0.3) is 0 Å². The Kier molecular flexibility index (Phi) is 4.53. The fourth-order valence-electron chi connectivity index (χ4n) is 3.04. The van der Waals surface area contributed by atoms with E-state index in [1.54, 1.807) is 0 Å². The molecule has 1 amide bonds. The van der Waals surface area contributed by atoms with Crippen LogP contribution in [0.25, 0.3) is 0 Å². The van der Waals surface area contributed by atoms with Crippen molar-refractivity contribution in [1.29, 1.82) is 0 Å². The van der Waals surface area contributed by atoms with Crippen molar-refractivity contribution in [1.82, 2.24) is 4.90 Å². The lowest BCUT2D eigenvalue weighted by Crippen LogP contribution is -2.45. The van der Waals surface area contributed by atoms with Crippen molar-refractivity contribution in [3.8, 4) is 0 Å². The summed E-state index contributed by atoms with van der Waals surface area (Å²) in [5.74, 6) is 0.278. The minimum absolute atomic E-state index is 0.0873. The van der Waals surface area contributed by atoms with Gasteiger partial charge < -0.3 is 9.33 Å². The van der Waals surface area contributed by atoms with Crippen LogP contribution in [0.3, 0.4) is 0 Å². The standard InChI is InChI=1S/C17H29NO2Si/c1-7-13-14-10-11-16(19)18(14)12-8-9-15(13)20-21(5,6)17(2,3)4/h14-15H,1,8-12H2,2-6H3/t14-,15-/m0/s1. The second-order valence-electron chi connectivity index (χ2n) is 7.78. The third kappa shape index (κ3) is 3.18. The summed E-state index contributed by atoms with van der Waals surface area (Å²) in [6, 6.07) is 0.173. The zero-order valence-corrected chi connectivity index (χ0v) is 15.2. The van der Waals surface area contributed by atoms with Crippen molar-refractivity contribution in [3.05, 3.63) is 17.9 Å². The molecule has 0 unspecified atom stereocenters. The van der Waals surface area contributed by atoms with Crippen molar-refractivity contribution < 1.29 is 9.22 Å². The highest BCUT2D eigenvalue weighted by Crippen LogP contribution is 2.40. The molecule has 2 aliphatic heterocycles. The molecule has 21 heavy (non-hydrogen) atoms. The Morgan fingerprint density at radius 3 is 2.57 bits per heavy atom. The van der Waals surface area contributed by atoms with Crippen LogP contribution in [-0.2, 0) is 9.22 Å². The highest BCUT2D eigenvalue weighted by atomic mass is 28.4. The largest absolute Gasteiger partial charge is 0.410 e. The first-order valence-corrected chi connectivity index (χ1v) is 11.0. The van der Waals surface area contributed by atoms with Crippen LogP contribution in [0.5, 0.6) is 0 Å². The molecule has 0 spiro atoms. The van der Waals surface area contributed by atoms with Gasteiger partial charge in [-0.2, -0.15) is 0 Å². The fourth-order valence-corrected chi connectivity index (χ4v) is 4.35. The van der Waals surface area contributed by atoms with Crippen LogP contribution in [-0.4, -0.2) is 37.8 Å². The van der Waals surface area contributed by atoms with Crippen molar-refractivity contribution in [2.45, 2.75) is 76.7 Å². The molecule has 0 bridgehead atoms. The minimum atomic E-state index is -1.83. The summed E-state index contributed by atoms with van der Waals surface area (Å²) in [6.07, 6.45) is 3.62. The van der Waals surface area contributed by atoms with E-state index in [2.05, 4.69) is 46.2 Å². The monoisotopic (exact) mass is 307 g/mol. The molecule has 0 aromatic carbocycles. The first-order chi connectivity index (χ1) is 9.67. The second-order valence-corrected chi connectivity index (χ2v) is 12.5. The van der Waals surface area contributed by atoms with E-state index in [0.717, 1.165) is 31.4 Å². The molecule has 2 heterocycles. The predicted octanol–water partition coefficient (Wildman–Crippen LogP) is 3.87. The normalized spacial score (nSPS) is 27.4. The van der Waals surface area contributed by atoms with Crippen molar-refractivity contribution in [3.63, 3.8) is 0 Å². The average molecular weight is 308 g/mol. The Labute approximate surface area is 130 Å². The van der Waals surface area contributed by atoms with Gasteiger partial charge in [-0.3, -0.25) is 4.79 Å². The summed E-state index contributed by atoms with van der Waals surface area (Å²) in [7, 11) is -1.83. The molecule has 3 nitrogen and oxygen atoms in total. The van der Waals surface area contributed by atoms with E-state index in [1.807, 2.05) is 4.90 Å². The van der Waals surface area contributed by atoms with Gasteiger partial charge in [0.15, 0.2) is 8.32 Å². The van der Waals surface area contributed by atoms with Gasteiger partial charge in [-0.25, -0.2) is 0 Å². The number of carbonyl (C=O) groups is 1. The second kappa shape index (κ2) is 5.75. The van der Waals surface area contributed by atoms with Crippen LogP contribution in [0.1, 0.15) is 46.5 Å². The Balaban J connectivity index is 2.24. The number of nitrogens with zero attached hydrogens (tertiary/aromatic N) is 1. The van der Waals surface area contributed by atoms with E-state index in [1.165, 1.54) is 0 Å². The molecule has 0 aliphatic carbocycles. The molecule has 2 rings (SSSR count). The van der Waals surface area contributed by atoms with E-state index < -0.39 is 8.32 Å². The highest BCUT2D eigenvalue weighted by molar-refractivity contribution is 6.74. The molecule has 2 fully saturated rings. The average Bonchev–Trinajstić information content (AvgIpc) is 2.62. The summed E-state index contributed by atoms with van der Waals surface area (Å²) in [5.41, 5.74) is 4.24. The molecule has 2 aliphatic rings. The Morgan fingerprint density at radius 2 is 2.00 bits per heavy atom. The van der Waals surface area contributed by atoms with E-state index >= 15 is 0 Å². The van der Waals surface area contributed by atoms with Crippen LogP contribution in [0, 0.1) is 0 Å². The zero-order chi connectivity index (χ0) is 15.8. The van der Waals surface area contributed by atoms with Gasteiger partial charge in [-0.05, 0) is 37.4 Å². The quantitative estimate of drug-likeness (QED) is 0.572. The summed E-state index contributed by atoms with van der Waals surface area (Å²) in [6.45, 7) is 16.1. The molecule has 0 aromatic heterocycles. The molecular formula is C17H29NO2Si. The van der Waals surface area contributed by atoms with Gasteiger partial charge in [-0.15, -0.1) is 5.73 Å². The van der Waals surface area contributed by atoms with Crippen molar-refractivity contribution >= 4 is 14.2 Å². The molecule has 0 N–H and O–H groups in total. The van der Waals surface area contributed by atoms with E-state index in [0.29, 0.717) is 6.42 Å². The molecule has 0 saturated carbocycles. The number of carbonyl (C=O) groups excluding carboxylic acids is 1. The van der Waals surface area contributed by atoms with Gasteiger partial charge in [0.2, 0.25) is 5.91 Å². The fraction of sp³-hybridized carbons (Fsp3) is 0.765. The Bertz CT molecular complexity index is 472. The van der Waals surface area contributed by atoms with E-state index in [9.17, 15) is 4.79 Å². The third-order valence-electron chi connectivity index (χ3n) is 5.35. The van der Waals surface area contributed by atoms with Gasteiger partial charge >= 0.3 is 0 Å². The van der Waals surface area contributed by atoms with Crippen molar-refractivity contribution in [2.75, 3.05) is 6.54 Å². The maximum Gasteiger partial charge on any atom is 0.223 e. The zero-order valence-electron chi connectivity index (χ0n) is 14.2. The van der Waals surface area contributed by atoms with Gasteiger partial charge in [0.05, 0.1) is 12.1 Å². The van der Waals surface area contributed by atoms with E-state index in [4.69, 9.17) is 4.43 Å². The Morgan fingerprint density at radius 1 is 1.33 bits per heavy atom. The minimum Gasteiger partial charge on any atom is -0.410 e. The summed E-state index contributed by atoms with van der Waals surface area (Å²) < 4.78 is 6.63. The smallest absolute Gasteiger partial charge is 0.223 e. The van der Waals surface area contributed by atoms with Gasteiger partial charge in [-0.1, -0.05) is 27.4 Å². The van der Waals surface area contributed by atoms with Crippen LogP contribution in [0.2, 0.25) is 18.1 Å². The molecular weight excluding hydrogens is 278 g/mol. The maximum atomic E-state index is 12.0.